The molecule has 0 aromatic rings. The van der Waals surface area contributed by atoms with Gasteiger partial charge in [-0.2, -0.15) is 0 Å². The summed E-state index contributed by atoms with van der Waals surface area (Å²) in [5.74, 6) is 0.204. The van der Waals surface area contributed by atoms with E-state index < -0.39 is 0 Å². The molecule has 0 unspecified atom stereocenters. The molecule has 0 atom stereocenters. The first-order chi connectivity index (χ1) is 6.07. The van der Waals surface area contributed by atoms with Crippen molar-refractivity contribution in [1.29, 1.82) is 0 Å². The summed E-state index contributed by atoms with van der Waals surface area (Å²) in [5.41, 5.74) is 0. The number of amides is 1. The highest BCUT2D eigenvalue weighted by Crippen LogP contribution is 1.95. The van der Waals surface area contributed by atoms with E-state index in [0.29, 0.717) is 19.6 Å². The Morgan fingerprint density at radius 3 is 2.54 bits per heavy atom. The van der Waals surface area contributed by atoms with Gasteiger partial charge in [-0.05, 0) is 20.3 Å². The van der Waals surface area contributed by atoms with Crippen molar-refractivity contribution < 1.29 is 9.53 Å². The molecule has 1 amide bonds. The predicted molar refractivity (Wildman–Crippen MR) is 53.6 cm³/mol. The molecule has 0 fully saturated rings. The van der Waals surface area contributed by atoms with Crippen molar-refractivity contribution in [3.05, 3.63) is 0 Å². The largest absolute Gasteiger partial charge is 0.377 e. The molecule has 0 aromatic carbocycles. The minimum Gasteiger partial charge on any atom is -0.377 e. The maximum absolute atomic E-state index is 11.3. The van der Waals surface area contributed by atoms with Crippen LogP contribution in [0, 0.1) is 0 Å². The molecule has 0 saturated carbocycles. The number of carbonyl (C=O) groups excluding carboxylic acids is 1. The summed E-state index contributed by atoms with van der Waals surface area (Å²) in [7, 11) is 1.82. The van der Waals surface area contributed by atoms with Crippen LogP contribution in [0.5, 0.6) is 0 Å². The van der Waals surface area contributed by atoms with Gasteiger partial charge in [0.2, 0.25) is 5.91 Å². The van der Waals surface area contributed by atoms with Gasteiger partial charge in [-0.25, -0.2) is 0 Å². The van der Waals surface area contributed by atoms with Crippen LogP contribution >= 0.6 is 0 Å². The number of rotatable bonds is 6. The average Bonchev–Trinajstić information content (AvgIpc) is 2.04. The lowest BCUT2D eigenvalue weighted by molar-refractivity contribution is -0.130. The lowest BCUT2D eigenvalue weighted by atomic mass is 10.3. The Balaban J connectivity index is 3.49. The van der Waals surface area contributed by atoms with Crippen molar-refractivity contribution >= 4 is 5.91 Å². The lowest BCUT2D eigenvalue weighted by Gasteiger charge is -2.17. The van der Waals surface area contributed by atoms with Crippen LogP contribution in [-0.4, -0.2) is 37.1 Å². The first-order valence-electron chi connectivity index (χ1n) is 4.93. The van der Waals surface area contributed by atoms with Gasteiger partial charge in [-0.3, -0.25) is 4.79 Å². The van der Waals surface area contributed by atoms with Crippen LogP contribution in [0.15, 0.2) is 0 Å². The highest BCUT2D eigenvalue weighted by atomic mass is 16.5. The molecule has 3 nitrogen and oxygen atoms in total. The number of likely N-dealkylation sites (N-methyl/N-ethyl adjacent to an activating group) is 1. The Labute approximate surface area is 81.1 Å². The van der Waals surface area contributed by atoms with Crippen LogP contribution in [-0.2, 0) is 9.53 Å². The van der Waals surface area contributed by atoms with Gasteiger partial charge in [0.15, 0.2) is 0 Å². The topological polar surface area (TPSA) is 29.5 Å². The Hall–Kier alpha value is -0.570. The maximum Gasteiger partial charge on any atom is 0.222 e. The van der Waals surface area contributed by atoms with Crippen LogP contribution in [0.25, 0.3) is 0 Å². The van der Waals surface area contributed by atoms with Gasteiger partial charge in [0.1, 0.15) is 0 Å². The number of carbonyl (C=O) groups is 1. The molecule has 0 aliphatic heterocycles. The summed E-state index contributed by atoms with van der Waals surface area (Å²) >= 11 is 0. The van der Waals surface area contributed by atoms with E-state index in [9.17, 15) is 4.79 Å². The highest BCUT2D eigenvalue weighted by molar-refractivity contribution is 5.75. The standard InChI is InChI=1S/C10H21NO2/c1-5-6-10(12)11(4)7-8-13-9(2)3/h9H,5-8H2,1-4H3. The SMILES string of the molecule is CCCC(=O)N(C)CCOC(C)C. The summed E-state index contributed by atoms with van der Waals surface area (Å²) in [5, 5.41) is 0. The van der Waals surface area contributed by atoms with Crippen molar-refractivity contribution in [2.75, 3.05) is 20.2 Å². The molecule has 0 heterocycles. The zero-order valence-corrected chi connectivity index (χ0v) is 9.17. The molecule has 0 aliphatic carbocycles. The van der Waals surface area contributed by atoms with Gasteiger partial charge < -0.3 is 9.64 Å². The summed E-state index contributed by atoms with van der Waals surface area (Å²) in [6.07, 6.45) is 1.79. The van der Waals surface area contributed by atoms with Crippen molar-refractivity contribution in [3.63, 3.8) is 0 Å². The Morgan fingerprint density at radius 2 is 2.08 bits per heavy atom. The predicted octanol–water partition coefficient (Wildman–Crippen LogP) is 1.67. The zero-order valence-electron chi connectivity index (χ0n) is 9.17. The van der Waals surface area contributed by atoms with Crippen LogP contribution in [0.4, 0.5) is 0 Å². The summed E-state index contributed by atoms with van der Waals surface area (Å²) in [6, 6.07) is 0. The van der Waals surface area contributed by atoms with E-state index in [0.717, 1.165) is 6.42 Å². The second kappa shape index (κ2) is 6.89. The molecule has 0 aliphatic rings. The van der Waals surface area contributed by atoms with Gasteiger partial charge in [-0.15, -0.1) is 0 Å². The second-order valence-corrected chi connectivity index (χ2v) is 3.48. The molecule has 0 aromatic heterocycles. The van der Waals surface area contributed by atoms with Crippen LogP contribution in [0.2, 0.25) is 0 Å². The summed E-state index contributed by atoms with van der Waals surface area (Å²) < 4.78 is 5.35. The van der Waals surface area contributed by atoms with Crippen molar-refractivity contribution in [2.45, 2.75) is 39.7 Å². The Bertz CT molecular complexity index is 146. The molecule has 13 heavy (non-hydrogen) atoms. The third kappa shape index (κ3) is 6.58. The van der Waals surface area contributed by atoms with Gasteiger partial charge in [0.05, 0.1) is 12.7 Å². The third-order valence-electron chi connectivity index (χ3n) is 1.77. The van der Waals surface area contributed by atoms with Crippen LogP contribution in [0.3, 0.4) is 0 Å². The van der Waals surface area contributed by atoms with Gasteiger partial charge in [0, 0.05) is 20.0 Å². The minimum atomic E-state index is 0.204. The van der Waals surface area contributed by atoms with E-state index in [1.807, 2.05) is 27.8 Å². The molecule has 3 heteroatoms. The van der Waals surface area contributed by atoms with E-state index in [1.165, 1.54) is 0 Å². The quantitative estimate of drug-likeness (QED) is 0.633. The molecule has 78 valence electrons. The number of hydrogen-bond donors (Lipinski definition) is 0. The molecule has 0 bridgehead atoms. The van der Waals surface area contributed by atoms with Gasteiger partial charge in [0.25, 0.3) is 0 Å². The van der Waals surface area contributed by atoms with E-state index in [2.05, 4.69) is 0 Å². The molecule has 0 N–H and O–H groups in total. The summed E-state index contributed by atoms with van der Waals surface area (Å²) in [4.78, 5) is 13.0. The first kappa shape index (κ1) is 12.4. The van der Waals surface area contributed by atoms with Crippen molar-refractivity contribution in [1.82, 2.24) is 4.90 Å². The summed E-state index contributed by atoms with van der Waals surface area (Å²) in [6.45, 7) is 7.32. The van der Waals surface area contributed by atoms with Crippen molar-refractivity contribution in [3.8, 4) is 0 Å². The highest BCUT2D eigenvalue weighted by Gasteiger charge is 2.06. The Kier molecular flexibility index (Phi) is 6.59. The number of ether oxygens (including phenoxy) is 1. The van der Waals surface area contributed by atoms with Gasteiger partial charge >= 0.3 is 0 Å². The van der Waals surface area contributed by atoms with E-state index in [1.54, 1.807) is 4.90 Å². The fourth-order valence-corrected chi connectivity index (χ4v) is 0.955. The fraction of sp³-hybridized carbons (Fsp3) is 0.900. The van der Waals surface area contributed by atoms with E-state index in [-0.39, 0.29) is 12.0 Å². The first-order valence-corrected chi connectivity index (χ1v) is 4.93. The molecule has 0 radical (unpaired) electrons. The smallest absolute Gasteiger partial charge is 0.222 e. The molecule has 0 saturated heterocycles. The normalized spacial score (nSPS) is 10.5. The van der Waals surface area contributed by atoms with E-state index in [4.69, 9.17) is 4.74 Å². The third-order valence-corrected chi connectivity index (χ3v) is 1.77. The van der Waals surface area contributed by atoms with Crippen molar-refractivity contribution in [2.24, 2.45) is 0 Å². The van der Waals surface area contributed by atoms with Crippen LogP contribution < -0.4 is 0 Å². The fourth-order valence-electron chi connectivity index (χ4n) is 0.955. The zero-order chi connectivity index (χ0) is 10.3. The minimum absolute atomic E-state index is 0.204. The number of hydrogen-bond acceptors (Lipinski definition) is 2. The number of nitrogens with zero attached hydrogens (tertiary/aromatic N) is 1. The molecule has 0 rings (SSSR count). The van der Waals surface area contributed by atoms with Gasteiger partial charge in [-0.1, -0.05) is 6.92 Å². The van der Waals surface area contributed by atoms with Crippen LogP contribution in [0.1, 0.15) is 33.6 Å². The van der Waals surface area contributed by atoms with E-state index >= 15 is 0 Å². The average molecular weight is 187 g/mol. The molecular formula is C10H21NO2. The lowest BCUT2D eigenvalue weighted by Crippen LogP contribution is -2.30. The molecular weight excluding hydrogens is 166 g/mol. The molecule has 0 spiro atoms. The second-order valence-electron chi connectivity index (χ2n) is 3.48. The monoisotopic (exact) mass is 187 g/mol. The Morgan fingerprint density at radius 1 is 1.46 bits per heavy atom. The maximum atomic E-state index is 11.3.